The zero-order valence-electron chi connectivity index (χ0n) is 24.5. The third-order valence-electron chi connectivity index (χ3n) is 6.57. The Morgan fingerprint density at radius 3 is 2.23 bits per heavy atom. The number of carbonyl (C=O) groups is 1. The maximum Gasteiger partial charge on any atom is 0.410 e. The number of hydrogen-bond acceptors (Lipinski definition) is 7. The van der Waals surface area contributed by atoms with Gasteiger partial charge in [0.25, 0.3) is 0 Å². The van der Waals surface area contributed by atoms with E-state index in [2.05, 4.69) is 15.3 Å². The maximum atomic E-state index is 15.3. The minimum Gasteiger partial charge on any atom is -0.473 e. The van der Waals surface area contributed by atoms with Crippen LogP contribution in [0.15, 0.2) is 91.1 Å². The Morgan fingerprint density at radius 1 is 0.953 bits per heavy atom. The van der Waals surface area contributed by atoms with E-state index < -0.39 is 11.4 Å². The average Bonchev–Trinajstić information content (AvgIpc) is 3.00. The van der Waals surface area contributed by atoms with Crippen molar-refractivity contribution in [3.63, 3.8) is 0 Å². The highest BCUT2D eigenvalue weighted by atomic mass is 19.1. The molecule has 0 aliphatic carbocycles. The standard InChI is InChI=1S/C34H35FN4O4/c1-34(2,3)43-33(40)39-18-16-26(17-19-39)31-28(35)20-27(21-36-31)37-29-14-15-30(41-22-24-10-6-4-7-11-24)38-32(29)42-23-25-12-8-5-9-13-25/h4-16,20-21,37H,17-19,22-23H2,1-3H3. The Hall–Kier alpha value is -4.92. The van der Waals surface area contributed by atoms with E-state index in [-0.39, 0.29) is 11.8 Å². The molecule has 0 radical (unpaired) electrons. The number of aromatic nitrogens is 2. The molecule has 0 saturated heterocycles. The van der Waals surface area contributed by atoms with Crippen LogP contribution in [0.1, 0.15) is 44.0 Å². The Kier molecular flexibility index (Phi) is 9.20. The van der Waals surface area contributed by atoms with Crippen LogP contribution in [-0.2, 0) is 18.0 Å². The zero-order chi connectivity index (χ0) is 30.2. The highest BCUT2D eigenvalue weighted by molar-refractivity contribution is 5.73. The van der Waals surface area contributed by atoms with Crippen molar-refractivity contribution in [2.75, 3.05) is 18.4 Å². The van der Waals surface area contributed by atoms with E-state index in [0.717, 1.165) is 16.7 Å². The fraction of sp³-hybridized carbons (Fsp3) is 0.265. The van der Waals surface area contributed by atoms with Gasteiger partial charge in [0.05, 0.1) is 11.9 Å². The summed E-state index contributed by atoms with van der Waals surface area (Å²) >= 11 is 0. The first-order valence-corrected chi connectivity index (χ1v) is 14.2. The third kappa shape index (κ3) is 8.31. The van der Waals surface area contributed by atoms with Gasteiger partial charge in [-0.2, -0.15) is 4.98 Å². The van der Waals surface area contributed by atoms with Gasteiger partial charge >= 0.3 is 6.09 Å². The van der Waals surface area contributed by atoms with Gasteiger partial charge in [-0.05, 0) is 50.0 Å². The summed E-state index contributed by atoms with van der Waals surface area (Å²) in [5.41, 5.74) is 3.42. The summed E-state index contributed by atoms with van der Waals surface area (Å²) in [4.78, 5) is 23.0. The Labute approximate surface area is 251 Å². The molecule has 1 amide bonds. The lowest BCUT2D eigenvalue weighted by Crippen LogP contribution is -2.39. The van der Waals surface area contributed by atoms with E-state index >= 15 is 4.39 Å². The van der Waals surface area contributed by atoms with Crippen LogP contribution in [0.25, 0.3) is 5.57 Å². The number of amides is 1. The van der Waals surface area contributed by atoms with Gasteiger partial charge < -0.3 is 24.4 Å². The Morgan fingerprint density at radius 2 is 1.63 bits per heavy atom. The van der Waals surface area contributed by atoms with Crippen LogP contribution < -0.4 is 14.8 Å². The highest BCUT2D eigenvalue weighted by Gasteiger charge is 2.25. The fourth-order valence-corrected chi connectivity index (χ4v) is 4.44. The predicted molar refractivity (Wildman–Crippen MR) is 164 cm³/mol. The average molecular weight is 583 g/mol. The number of halogens is 1. The van der Waals surface area contributed by atoms with Crippen LogP contribution in [0.5, 0.6) is 11.8 Å². The van der Waals surface area contributed by atoms with E-state index in [1.54, 1.807) is 23.2 Å². The zero-order valence-corrected chi connectivity index (χ0v) is 24.5. The van der Waals surface area contributed by atoms with Crippen LogP contribution in [0, 0.1) is 5.82 Å². The number of pyridine rings is 2. The second-order valence-electron chi connectivity index (χ2n) is 11.1. The van der Waals surface area contributed by atoms with E-state index in [1.807, 2.05) is 87.5 Å². The molecular weight excluding hydrogens is 547 g/mol. The molecule has 5 rings (SSSR count). The summed E-state index contributed by atoms with van der Waals surface area (Å²) < 4.78 is 32.7. The van der Waals surface area contributed by atoms with Gasteiger partial charge in [0, 0.05) is 25.2 Å². The molecule has 9 heteroatoms. The molecule has 8 nitrogen and oxygen atoms in total. The molecule has 0 fully saturated rings. The van der Waals surface area contributed by atoms with Gasteiger partial charge in [-0.15, -0.1) is 0 Å². The quantitative estimate of drug-likeness (QED) is 0.218. The van der Waals surface area contributed by atoms with Gasteiger partial charge in [-0.25, -0.2) is 9.18 Å². The molecule has 0 spiro atoms. The molecule has 1 N–H and O–H groups in total. The van der Waals surface area contributed by atoms with Crippen molar-refractivity contribution in [1.82, 2.24) is 14.9 Å². The summed E-state index contributed by atoms with van der Waals surface area (Å²) in [5, 5.41) is 3.19. The van der Waals surface area contributed by atoms with Crippen molar-refractivity contribution in [3.8, 4) is 11.8 Å². The maximum absolute atomic E-state index is 15.3. The van der Waals surface area contributed by atoms with Gasteiger partial charge in [0.2, 0.25) is 11.8 Å². The SMILES string of the molecule is CC(C)(C)OC(=O)N1CC=C(c2ncc(Nc3ccc(OCc4ccccc4)nc3OCc3ccccc3)cc2F)CC1. The first-order chi connectivity index (χ1) is 20.7. The number of ether oxygens (including phenoxy) is 3. The molecular formula is C34H35FN4O4. The molecule has 0 saturated carbocycles. The summed E-state index contributed by atoms with van der Waals surface area (Å²) in [6, 6.07) is 24.5. The first kappa shape index (κ1) is 29.6. The fourth-order valence-electron chi connectivity index (χ4n) is 4.44. The highest BCUT2D eigenvalue weighted by Crippen LogP contribution is 2.31. The van der Waals surface area contributed by atoms with E-state index in [9.17, 15) is 4.79 Å². The number of carbonyl (C=O) groups excluding carboxylic acids is 1. The number of hydrogen-bond donors (Lipinski definition) is 1. The van der Waals surface area contributed by atoms with Crippen LogP contribution in [0.4, 0.5) is 20.6 Å². The number of anilines is 2. The molecule has 4 aromatic rings. The molecule has 1 aliphatic rings. The molecule has 3 heterocycles. The lowest BCUT2D eigenvalue weighted by molar-refractivity contribution is 0.0270. The van der Waals surface area contributed by atoms with Gasteiger partial charge in [-0.3, -0.25) is 4.98 Å². The molecule has 1 aliphatic heterocycles. The molecule has 0 bridgehead atoms. The van der Waals surface area contributed by atoms with Crippen molar-refractivity contribution in [3.05, 3.63) is 114 Å². The Balaban J connectivity index is 1.30. The van der Waals surface area contributed by atoms with Crippen molar-refractivity contribution in [2.24, 2.45) is 0 Å². The molecule has 43 heavy (non-hydrogen) atoms. The van der Waals surface area contributed by atoms with Crippen molar-refractivity contribution >= 4 is 23.0 Å². The normalized spacial score (nSPS) is 13.2. The summed E-state index contributed by atoms with van der Waals surface area (Å²) in [6.45, 7) is 6.90. The lowest BCUT2D eigenvalue weighted by atomic mass is 10.0. The minimum atomic E-state index is -0.574. The molecule has 2 aromatic heterocycles. The topological polar surface area (TPSA) is 85.8 Å². The minimum absolute atomic E-state index is 0.262. The van der Waals surface area contributed by atoms with Crippen molar-refractivity contribution in [2.45, 2.75) is 46.0 Å². The molecule has 222 valence electrons. The monoisotopic (exact) mass is 582 g/mol. The van der Waals surface area contributed by atoms with Crippen molar-refractivity contribution in [1.29, 1.82) is 0 Å². The molecule has 0 unspecified atom stereocenters. The van der Waals surface area contributed by atoms with Crippen LogP contribution in [0.3, 0.4) is 0 Å². The molecule has 0 atom stereocenters. The van der Waals surface area contributed by atoms with Gasteiger partial charge in [-0.1, -0.05) is 66.7 Å². The largest absolute Gasteiger partial charge is 0.473 e. The third-order valence-corrected chi connectivity index (χ3v) is 6.57. The Bertz CT molecular complexity index is 1570. The van der Waals surface area contributed by atoms with Crippen molar-refractivity contribution < 1.29 is 23.4 Å². The summed E-state index contributed by atoms with van der Waals surface area (Å²) in [6.07, 6.45) is 3.48. The van der Waals surface area contributed by atoms with Crippen LogP contribution >= 0.6 is 0 Å². The summed E-state index contributed by atoms with van der Waals surface area (Å²) in [7, 11) is 0. The van der Waals surface area contributed by atoms with Gasteiger partial charge in [0.1, 0.15) is 30.2 Å². The second kappa shape index (κ2) is 13.4. The van der Waals surface area contributed by atoms with Crippen LogP contribution in [0.2, 0.25) is 0 Å². The first-order valence-electron chi connectivity index (χ1n) is 14.2. The van der Waals surface area contributed by atoms with E-state index in [4.69, 9.17) is 14.2 Å². The second-order valence-corrected chi connectivity index (χ2v) is 11.1. The smallest absolute Gasteiger partial charge is 0.410 e. The molecule has 2 aromatic carbocycles. The lowest BCUT2D eigenvalue weighted by Gasteiger charge is -2.29. The van der Waals surface area contributed by atoms with E-state index in [1.165, 1.54) is 6.07 Å². The van der Waals surface area contributed by atoms with E-state index in [0.29, 0.717) is 55.9 Å². The predicted octanol–water partition coefficient (Wildman–Crippen LogP) is 7.54. The summed E-state index contributed by atoms with van der Waals surface area (Å²) in [5.74, 6) is 0.252. The number of rotatable bonds is 9. The number of nitrogens with one attached hydrogen (secondary N) is 1. The number of nitrogens with zero attached hydrogens (tertiary/aromatic N) is 3. The number of benzene rings is 2. The van der Waals surface area contributed by atoms with Gasteiger partial charge in [0.15, 0.2) is 5.82 Å². The van der Waals surface area contributed by atoms with Crippen LogP contribution in [-0.4, -0.2) is 39.7 Å².